The molecule has 1 aromatic carbocycles. The van der Waals surface area contributed by atoms with Gasteiger partial charge in [0, 0.05) is 19.3 Å². The van der Waals surface area contributed by atoms with Gasteiger partial charge in [-0.05, 0) is 19.1 Å². The first-order valence-electron chi connectivity index (χ1n) is 6.93. The van der Waals surface area contributed by atoms with Crippen LogP contribution in [-0.4, -0.2) is 23.3 Å². The summed E-state index contributed by atoms with van der Waals surface area (Å²) in [5.41, 5.74) is -1.59. The van der Waals surface area contributed by atoms with E-state index in [4.69, 9.17) is 5.26 Å². The molecule has 23 heavy (non-hydrogen) atoms. The third kappa shape index (κ3) is 3.40. The van der Waals surface area contributed by atoms with Crippen LogP contribution in [0.3, 0.4) is 0 Å². The minimum atomic E-state index is -3.62. The van der Waals surface area contributed by atoms with Crippen molar-refractivity contribution < 1.29 is 8.42 Å². The summed E-state index contributed by atoms with van der Waals surface area (Å²) in [4.78, 5) is 24.4. The molecule has 2 rings (SSSR count). The number of aromatic nitrogens is 2. The van der Waals surface area contributed by atoms with Crippen LogP contribution in [0.25, 0.3) is 0 Å². The third-order valence-corrected chi connectivity index (χ3v) is 5.09. The number of sulfone groups is 1. The zero-order chi connectivity index (χ0) is 17.0. The fourth-order valence-electron chi connectivity index (χ4n) is 2.11. The Morgan fingerprint density at radius 1 is 1.17 bits per heavy atom. The summed E-state index contributed by atoms with van der Waals surface area (Å²) in [6.07, 6.45) is 1.19. The highest BCUT2D eigenvalue weighted by Gasteiger charge is 2.17. The van der Waals surface area contributed by atoms with Crippen molar-refractivity contribution in [1.29, 1.82) is 5.26 Å². The van der Waals surface area contributed by atoms with Crippen LogP contribution in [0.1, 0.15) is 12.5 Å². The van der Waals surface area contributed by atoms with E-state index in [0.717, 1.165) is 4.57 Å². The van der Waals surface area contributed by atoms with E-state index in [1.54, 1.807) is 31.2 Å². The molecule has 0 unspecified atom stereocenters. The first-order chi connectivity index (χ1) is 10.9. The van der Waals surface area contributed by atoms with E-state index in [1.807, 2.05) is 0 Å². The van der Waals surface area contributed by atoms with Gasteiger partial charge < -0.3 is 0 Å². The molecular weight excluding hydrogens is 318 g/mol. The number of aryl methyl sites for hydroxylation is 1. The Morgan fingerprint density at radius 3 is 2.39 bits per heavy atom. The fraction of sp³-hybridized carbons (Fsp3) is 0.267. The SMILES string of the molecule is CCn1cc(C#N)c(=O)n(CCS(=O)(=O)c2ccccc2)c1=O. The smallest absolute Gasteiger partial charge is 0.299 e. The largest absolute Gasteiger partial charge is 0.331 e. The molecule has 1 aromatic heterocycles. The van der Waals surface area contributed by atoms with Crippen molar-refractivity contribution >= 4 is 9.84 Å². The molecule has 0 bridgehead atoms. The molecule has 0 aliphatic rings. The molecule has 120 valence electrons. The van der Waals surface area contributed by atoms with Crippen molar-refractivity contribution in [1.82, 2.24) is 9.13 Å². The van der Waals surface area contributed by atoms with Gasteiger partial charge in [-0.2, -0.15) is 5.26 Å². The van der Waals surface area contributed by atoms with Gasteiger partial charge >= 0.3 is 5.69 Å². The van der Waals surface area contributed by atoms with Crippen molar-refractivity contribution in [2.45, 2.75) is 24.9 Å². The van der Waals surface area contributed by atoms with Crippen LogP contribution in [-0.2, 0) is 22.9 Å². The van der Waals surface area contributed by atoms with E-state index in [0.29, 0.717) is 0 Å². The molecule has 0 aliphatic heterocycles. The molecule has 0 fully saturated rings. The zero-order valence-corrected chi connectivity index (χ0v) is 13.3. The Labute approximate surface area is 133 Å². The summed E-state index contributed by atoms with van der Waals surface area (Å²) in [7, 11) is -3.62. The lowest BCUT2D eigenvalue weighted by molar-refractivity contribution is 0.564. The predicted molar refractivity (Wildman–Crippen MR) is 83.8 cm³/mol. The van der Waals surface area contributed by atoms with Gasteiger partial charge in [0.2, 0.25) is 0 Å². The van der Waals surface area contributed by atoms with E-state index >= 15 is 0 Å². The van der Waals surface area contributed by atoms with Crippen molar-refractivity contribution in [3.8, 4) is 6.07 Å². The molecule has 0 atom stereocenters. The van der Waals surface area contributed by atoms with Gasteiger partial charge in [-0.15, -0.1) is 0 Å². The van der Waals surface area contributed by atoms with Crippen LogP contribution < -0.4 is 11.2 Å². The van der Waals surface area contributed by atoms with Gasteiger partial charge in [0.25, 0.3) is 5.56 Å². The topological polar surface area (TPSA) is 102 Å². The van der Waals surface area contributed by atoms with Gasteiger partial charge in [-0.1, -0.05) is 18.2 Å². The van der Waals surface area contributed by atoms with Gasteiger partial charge in [0.05, 0.1) is 10.6 Å². The van der Waals surface area contributed by atoms with Crippen LogP contribution in [0.2, 0.25) is 0 Å². The average molecular weight is 333 g/mol. The number of nitrogens with zero attached hydrogens (tertiary/aromatic N) is 3. The second kappa shape index (κ2) is 6.62. The monoisotopic (exact) mass is 333 g/mol. The summed E-state index contributed by atoms with van der Waals surface area (Å²) in [6.45, 7) is 1.67. The van der Waals surface area contributed by atoms with Gasteiger partial charge in [0.15, 0.2) is 9.84 Å². The minimum absolute atomic E-state index is 0.125. The highest BCUT2D eigenvalue weighted by atomic mass is 32.2. The van der Waals surface area contributed by atoms with Crippen molar-refractivity contribution in [2.75, 3.05) is 5.75 Å². The molecular formula is C15H15N3O4S. The van der Waals surface area contributed by atoms with Crippen molar-refractivity contribution in [3.05, 3.63) is 62.9 Å². The number of nitriles is 1. The quantitative estimate of drug-likeness (QED) is 0.787. The van der Waals surface area contributed by atoms with Crippen LogP contribution in [0, 0.1) is 11.3 Å². The molecule has 0 N–H and O–H groups in total. The molecule has 8 heteroatoms. The van der Waals surface area contributed by atoms with E-state index < -0.39 is 26.8 Å². The summed E-state index contributed by atoms with van der Waals surface area (Å²) < 4.78 is 26.5. The Kier molecular flexibility index (Phi) is 4.81. The summed E-state index contributed by atoms with van der Waals surface area (Å²) >= 11 is 0. The summed E-state index contributed by atoms with van der Waals surface area (Å²) in [5.74, 6) is -0.398. The molecule has 0 amide bonds. The number of hydrogen-bond donors (Lipinski definition) is 0. The van der Waals surface area contributed by atoms with Crippen molar-refractivity contribution in [2.24, 2.45) is 0 Å². The molecule has 1 heterocycles. The lowest BCUT2D eigenvalue weighted by atomic mass is 10.3. The average Bonchev–Trinajstić information content (AvgIpc) is 2.56. The minimum Gasteiger partial charge on any atom is -0.299 e. The summed E-state index contributed by atoms with van der Waals surface area (Å²) in [5, 5.41) is 8.96. The molecule has 0 saturated heterocycles. The first-order valence-corrected chi connectivity index (χ1v) is 8.58. The summed E-state index contributed by atoms with van der Waals surface area (Å²) in [6, 6.07) is 9.52. The van der Waals surface area contributed by atoms with E-state index in [9.17, 15) is 18.0 Å². The molecule has 2 aromatic rings. The molecule has 0 radical (unpaired) electrons. The molecule has 0 spiro atoms. The maximum absolute atomic E-state index is 12.2. The predicted octanol–water partition coefficient (Wildman–Crippen LogP) is 0.375. The fourth-order valence-corrected chi connectivity index (χ4v) is 3.34. The molecule has 7 nitrogen and oxygen atoms in total. The van der Waals surface area contributed by atoms with Crippen LogP contribution in [0.5, 0.6) is 0 Å². The van der Waals surface area contributed by atoms with E-state index in [1.165, 1.54) is 22.9 Å². The van der Waals surface area contributed by atoms with Crippen molar-refractivity contribution in [3.63, 3.8) is 0 Å². The Hall–Kier alpha value is -2.66. The standard InChI is InChI=1S/C15H15N3O4S/c1-2-17-11-12(10-16)14(19)18(15(17)20)8-9-23(21,22)13-6-4-3-5-7-13/h3-7,11H,2,8-9H2,1H3. The normalized spacial score (nSPS) is 11.1. The van der Waals surface area contributed by atoms with E-state index in [-0.39, 0.29) is 23.5 Å². The van der Waals surface area contributed by atoms with Crippen LogP contribution in [0.4, 0.5) is 0 Å². The second-order valence-electron chi connectivity index (χ2n) is 4.81. The number of hydrogen-bond acceptors (Lipinski definition) is 5. The Balaban J connectivity index is 2.41. The first kappa shape index (κ1) is 16.7. The van der Waals surface area contributed by atoms with Crippen LogP contribution >= 0.6 is 0 Å². The van der Waals surface area contributed by atoms with E-state index in [2.05, 4.69) is 0 Å². The lowest BCUT2D eigenvalue weighted by Gasteiger charge is -2.10. The lowest BCUT2D eigenvalue weighted by Crippen LogP contribution is -2.42. The van der Waals surface area contributed by atoms with Gasteiger partial charge in [0.1, 0.15) is 11.6 Å². The maximum Gasteiger partial charge on any atom is 0.331 e. The highest BCUT2D eigenvalue weighted by molar-refractivity contribution is 7.91. The van der Waals surface area contributed by atoms with Crippen LogP contribution in [0.15, 0.2) is 51.0 Å². The molecule has 0 saturated carbocycles. The number of benzene rings is 1. The highest BCUT2D eigenvalue weighted by Crippen LogP contribution is 2.09. The Morgan fingerprint density at radius 2 is 1.83 bits per heavy atom. The third-order valence-electron chi connectivity index (χ3n) is 3.38. The number of rotatable bonds is 5. The van der Waals surface area contributed by atoms with Gasteiger partial charge in [-0.25, -0.2) is 13.2 Å². The molecule has 0 aliphatic carbocycles. The Bertz CT molecular complexity index is 967. The second-order valence-corrected chi connectivity index (χ2v) is 6.92. The van der Waals surface area contributed by atoms with Gasteiger partial charge in [-0.3, -0.25) is 13.9 Å². The maximum atomic E-state index is 12.2. The zero-order valence-electron chi connectivity index (χ0n) is 12.5.